The Morgan fingerprint density at radius 3 is 0.894 bits per heavy atom. The Kier molecular flexibility index (Phi) is 55.5. The van der Waals surface area contributed by atoms with Crippen molar-refractivity contribution in [2.45, 2.75) is 468 Å². The minimum atomic E-state index is -1.40. The first kappa shape index (κ1) is 109. The number of amides is 1. The molecule has 3 aliphatic carbocycles. The molecule has 0 aromatic heterocycles. The lowest BCUT2D eigenvalue weighted by atomic mass is 9.83. The van der Waals surface area contributed by atoms with Gasteiger partial charge in [-0.1, -0.05) is 465 Å². The van der Waals surface area contributed by atoms with Crippen LogP contribution in [0.2, 0.25) is 0 Å². The summed E-state index contributed by atoms with van der Waals surface area (Å²) in [6.45, 7) is 11.9. The summed E-state index contributed by atoms with van der Waals surface area (Å²) in [4.78, 5) is 42.4. The van der Waals surface area contributed by atoms with Crippen molar-refractivity contribution < 1.29 is 51.6 Å². The minimum Gasteiger partial charge on any atom is -0.494 e. The summed E-state index contributed by atoms with van der Waals surface area (Å²) in [7, 11) is 0. The van der Waals surface area contributed by atoms with Crippen molar-refractivity contribution in [1.82, 2.24) is 4.90 Å². The number of hydrogen-bond donors (Lipinski definition) is 0. The molecule has 10 rings (SSSR count). The van der Waals surface area contributed by atoms with E-state index >= 15 is 0 Å². The van der Waals surface area contributed by atoms with E-state index in [4.69, 9.17) is 28.4 Å². The molecule has 0 radical (unpaired) electrons. The number of carbonyl (C=O) groups is 3. The second-order valence-corrected chi connectivity index (χ2v) is 39.7. The molecular weight excluding hydrogens is 1640 g/mol. The summed E-state index contributed by atoms with van der Waals surface area (Å²) in [5.74, 6) is -0.177. The van der Waals surface area contributed by atoms with E-state index in [9.17, 15) is 23.2 Å². The largest absolute Gasteiger partial charge is 0.494 e. The Bertz CT molecular complexity index is 4040. The zero-order valence-corrected chi connectivity index (χ0v) is 83.6. The van der Waals surface area contributed by atoms with Gasteiger partial charge in [0.1, 0.15) is 29.2 Å². The third-order valence-electron chi connectivity index (χ3n) is 28.9. The molecule has 1 saturated heterocycles. The number of fused-ring (bicyclic) bond motifs is 6. The first-order valence-electron chi connectivity index (χ1n) is 55.3. The third kappa shape index (κ3) is 38.6. The van der Waals surface area contributed by atoms with E-state index in [0.29, 0.717) is 49.5 Å². The number of rotatable bonds is 77. The quantitative estimate of drug-likeness (QED) is 0.0272. The highest BCUT2D eigenvalue weighted by atomic mass is 19.1. The van der Waals surface area contributed by atoms with Crippen LogP contribution in [-0.2, 0) is 44.5 Å². The molecule has 132 heavy (non-hydrogen) atoms. The van der Waals surface area contributed by atoms with Crippen LogP contribution in [0.4, 0.5) is 8.78 Å². The molecule has 2 unspecified atom stereocenters. The SMILES string of the molecule is CCCCCCCCCCCCCCCCCCCCCCOCCCCCCCCCCCCOc1ccc2c(c1)C(OC(=O)C1CCCC1)(c1cccc(F)c1)c1ccccc1-2.CCCCCCCCCCCCCCCCCCCCCCOCCCCCCCCCCCCOc1ccc2c(c1)C(OC(=O)[C@@H]1CCCN1C(=O)CC)(c1cccc(F)c1)c1ccccc1-2. The summed E-state index contributed by atoms with van der Waals surface area (Å²) in [6.07, 6.45) is 86.8. The molecule has 734 valence electrons. The van der Waals surface area contributed by atoms with Crippen LogP contribution in [0.25, 0.3) is 22.3 Å². The van der Waals surface area contributed by atoms with Crippen molar-refractivity contribution in [2.24, 2.45) is 5.92 Å². The Hall–Kier alpha value is -6.89. The molecular formula is C120H181F2NO9. The summed E-state index contributed by atoms with van der Waals surface area (Å²) in [5.41, 5.74) is 5.62. The summed E-state index contributed by atoms with van der Waals surface area (Å²) in [6, 6.07) is 40.2. The standard InChI is InChI=1S/C61H92FNO5.C59H89FO4/c1-3-5-6-7-8-9-10-11-12-13-14-15-16-17-18-19-22-25-28-33-46-66-47-34-29-26-23-20-21-24-27-30-35-48-67-53-43-44-55-54-40-31-32-41-56(54)61(57(55)50-53,51-38-36-39-52(62)49-51)68-60(65)58-42-37-45-63(58)59(64)4-2;1-2-3-4-5-6-7-8-9-10-11-12-13-14-15-16-17-20-23-26-33-45-62-46-34-27-24-21-18-19-22-25-28-35-47-63-53-43-44-55-54-41-31-32-42-56(54)59(57(55)49-53,51-39-36-40-52(60)48-51)64-58(61)50-37-29-30-38-50/h31-32,36,38-41,43-44,49-50,58H,3-30,33-35,37,42,45-48H2,1-2H3;31-32,36,39-44,48-50H,2-30,33-35,37-38,45-47H2,1H3/t58-,61?;/m0./s1. The maximum Gasteiger partial charge on any atom is 0.330 e. The molecule has 2 fully saturated rings. The van der Waals surface area contributed by atoms with E-state index in [-0.39, 0.29) is 23.6 Å². The maximum atomic E-state index is 15.0. The number of ether oxygens (including phenoxy) is 6. The lowest BCUT2D eigenvalue weighted by Gasteiger charge is -2.35. The highest BCUT2D eigenvalue weighted by molar-refractivity contribution is 5.89. The van der Waals surface area contributed by atoms with Gasteiger partial charge in [0.15, 0.2) is 11.2 Å². The molecule has 0 bridgehead atoms. The Balaban J connectivity index is 0.000000297. The van der Waals surface area contributed by atoms with E-state index in [1.165, 1.54) is 384 Å². The molecule has 1 saturated carbocycles. The van der Waals surface area contributed by atoms with Gasteiger partial charge in [-0.15, -0.1) is 0 Å². The smallest absolute Gasteiger partial charge is 0.330 e. The molecule has 0 N–H and O–H groups in total. The van der Waals surface area contributed by atoms with E-state index in [0.717, 1.165) is 134 Å². The number of nitrogens with zero attached hydrogens (tertiary/aromatic N) is 1. The number of esters is 2. The summed E-state index contributed by atoms with van der Waals surface area (Å²) >= 11 is 0. The first-order chi connectivity index (χ1) is 65.1. The molecule has 4 aliphatic rings. The van der Waals surface area contributed by atoms with Crippen LogP contribution in [0, 0.1) is 17.6 Å². The van der Waals surface area contributed by atoms with Gasteiger partial charge >= 0.3 is 11.9 Å². The van der Waals surface area contributed by atoms with Crippen molar-refractivity contribution in [1.29, 1.82) is 0 Å². The van der Waals surface area contributed by atoms with Crippen LogP contribution in [0.5, 0.6) is 11.5 Å². The van der Waals surface area contributed by atoms with Gasteiger partial charge in [-0.2, -0.15) is 0 Å². The van der Waals surface area contributed by atoms with Gasteiger partial charge in [0, 0.05) is 72.8 Å². The zero-order chi connectivity index (χ0) is 92.7. The number of hydrogen-bond acceptors (Lipinski definition) is 9. The van der Waals surface area contributed by atoms with Gasteiger partial charge in [0.25, 0.3) is 0 Å². The van der Waals surface area contributed by atoms with Crippen LogP contribution in [0.3, 0.4) is 0 Å². The molecule has 6 aromatic carbocycles. The Labute approximate surface area is 802 Å². The summed E-state index contributed by atoms with van der Waals surface area (Å²) < 4.78 is 67.7. The number of likely N-dealkylation sites (tertiary alicyclic amines) is 1. The van der Waals surface area contributed by atoms with Gasteiger partial charge in [-0.05, 0) is 135 Å². The highest BCUT2D eigenvalue weighted by Gasteiger charge is 2.52. The highest BCUT2D eigenvalue weighted by Crippen LogP contribution is 2.57. The molecule has 1 heterocycles. The van der Waals surface area contributed by atoms with Crippen molar-refractivity contribution in [3.05, 3.63) is 178 Å². The topological polar surface area (TPSA) is 110 Å². The average Bonchev–Trinajstić information content (AvgIpc) is 1.55. The third-order valence-corrected chi connectivity index (χ3v) is 28.9. The minimum absolute atomic E-state index is 0.0649. The Morgan fingerprint density at radius 2 is 0.583 bits per heavy atom. The van der Waals surface area contributed by atoms with Crippen LogP contribution < -0.4 is 9.47 Å². The molecule has 10 nitrogen and oxygen atoms in total. The van der Waals surface area contributed by atoms with Crippen LogP contribution >= 0.6 is 0 Å². The second kappa shape index (κ2) is 67.4. The van der Waals surface area contributed by atoms with Crippen molar-refractivity contribution >= 4 is 17.8 Å². The molecule has 0 spiro atoms. The monoisotopic (exact) mass is 1820 g/mol. The molecule has 3 atom stereocenters. The predicted molar refractivity (Wildman–Crippen MR) is 546 cm³/mol. The van der Waals surface area contributed by atoms with Crippen molar-refractivity contribution in [2.75, 3.05) is 46.2 Å². The van der Waals surface area contributed by atoms with Crippen LogP contribution in [-0.4, -0.2) is 75.0 Å². The normalized spacial score (nSPS) is 16.0. The zero-order valence-electron chi connectivity index (χ0n) is 83.6. The van der Waals surface area contributed by atoms with E-state index < -0.39 is 29.0 Å². The summed E-state index contributed by atoms with van der Waals surface area (Å²) in [5, 5.41) is 0. The van der Waals surface area contributed by atoms with E-state index in [1.807, 2.05) is 91.9 Å². The van der Waals surface area contributed by atoms with Gasteiger partial charge in [0.2, 0.25) is 5.91 Å². The fraction of sp³-hybridized carbons (Fsp3) is 0.675. The van der Waals surface area contributed by atoms with Gasteiger partial charge < -0.3 is 33.3 Å². The maximum absolute atomic E-state index is 15.0. The Morgan fingerprint density at radius 1 is 0.295 bits per heavy atom. The lowest BCUT2D eigenvalue weighted by molar-refractivity contribution is -0.161. The number of halogens is 2. The van der Waals surface area contributed by atoms with E-state index in [2.05, 4.69) is 26.0 Å². The molecule has 12 heteroatoms. The first-order valence-corrected chi connectivity index (χ1v) is 55.3. The molecule has 1 amide bonds. The average molecular weight is 1820 g/mol. The predicted octanol–water partition coefficient (Wildman–Crippen LogP) is 35.1. The van der Waals surface area contributed by atoms with Gasteiger partial charge in [0.05, 0.1) is 19.1 Å². The lowest BCUT2D eigenvalue weighted by Crippen LogP contribution is -2.45. The van der Waals surface area contributed by atoms with E-state index in [1.54, 1.807) is 17.0 Å². The van der Waals surface area contributed by atoms with Crippen LogP contribution in [0.1, 0.15) is 484 Å². The number of carbonyl (C=O) groups excluding carboxylic acids is 3. The van der Waals surface area contributed by atoms with Crippen molar-refractivity contribution in [3.63, 3.8) is 0 Å². The van der Waals surface area contributed by atoms with Crippen LogP contribution in [0.15, 0.2) is 133 Å². The van der Waals surface area contributed by atoms with Gasteiger partial charge in [-0.3, -0.25) is 9.59 Å². The second-order valence-electron chi connectivity index (χ2n) is 39.7. The molecule has 1 aliphatic heterocycles. The molecule has 6 aromatic rings. The number of unbranched alkanes of at least 4 members (excludes halogenated alkanes) is 56. The fourth-order valence-corrected chi connectivity index (χ4v) is 21.1. The van der Waals surface area contributed by atoms with Crippen molar-refractivity contribution in [3.8, 4) is 33.8 Å². The number of benzene rings is 6. The van der Waals surface area contributed by atoms with Gasteiger partial charge in [-0.25, -0.2) is 13.6 Å². The fourth-order valence-electron chi connectivity index (χ4n) is 21.1.